The fourth-order valence-electron chi connectivity index (χ4n) is 1.80. The number of nitrogens with zero attached hydrogens (tertiary/aromatic N) is 2. The van der Waals surface area contributed by atoms with Gasteiger partial charge in [-0.3, -0.25) is 4.79 Å². The lowest BCUT2D eigenvalue weighted by molar-refractivity contribution is -0.116. The molecule has 104 valence electrons. The van der Waals surface area contributed by atoms with Crippen LogP contribution in [0.5, 0.6) is 0 Å². The van der Waals surface area contributed by atoms with Crippen molar-refractivity contribution in [2.24, 2.45) is 0 Å². The number of carbonyl (C=O) groups is 1. The van der Waals surface area contributed by atoms with Gasteiger partial charge in [0.05, 0.1) is 11.5 Å². The first kappa shape index (κ1) is 14.2. The van der Waals surface area contributed by atoms with E-state index < -0.39 is 9.84 Å². The van der Waals surface area contributed by atoms with E-state index in [2.05, 4.69) is 20.8 Å². The van der Waals surface area contributed by atoms with Crippen molar-refractivity contribution < 1.29 is 13.2 Å². The van der Waals surface area contributed by atoms with E-state index in [1.165, 1.54) is 12.1 Å². The van der Waals surface area contributed by atoms with Crippen LogP contribution in [-0.4, -0.2) is 48.6 Å². The van der Waals surface area contributed by atoms with Crippen molar-refractivity contribution in [3.8, 4) is 0 Å². The minimum atomic E-state index is -3.04. The van der Waals surface area contributed by atoms with Crippen LogP contribution < -0.4 is 10.6 Å². The Hall–Kier alpha value is -1.25. The highest BCUT2D eigenvalue weighted by Crippen LogP contribution is 2.09. The first-order valence-corrected chi connectivity index (χ1v) is 7.87. The Balaban J connectivity index is 1.89. The van der Waals surface area contributed by atoms with Crippen LogP contribution in [0.4, 0.5) is 5.82 Å². The van der Waals surface area contributed by atoms with Gasteiger partial charge >= 0.3 is 0 Å². The van der Waals surface area contributed by atoms with Gasteiger partial charge in [-0.25, -0.2) is 8.42 Å². The molecule has 0 bridgehead atoms. The van der Waals surface area contributed by atoms with E-state index in [1.807, 2.05) is 0 Å². The van der Waals surface area contributed by atoms with Gasteiger partial charge in [0.15, 0.2) is 20.8 Å². The normalized spacial score (nSPS) is 21.8. The summed E-state index contributed by atoms with van der Waals surface area (Å²) in [4.78, 5) is 11.7. The van der Waals surface area contributed by atoms with Crippen molar-refractivity contribution in [2.45, 2.75) is 12.5 Å². The Morgan fingerprint density at radius 1 is 1.47 bits per heavy atom. The number of halogens is 1. The zero-order valence-corrected chi connectivity index (χ0v) is 11.5. The highest BCUT2D eigenvalue weighted by Gasteiger charge is 2.26. The second-order valence-corrected chi connectivity index (χ2v) is 6.87. The van der Waals surface area contributed by atoms with Crippen molar-refractivity contribution in [2.75, 3.05) is 23.4 Å². The molecule has 9 heteroatoms. The van der Waals surface area contributed by atoms with E-state index in [4.69, 9.17) is 11.6 Å². The lowest BCUT2D eigenvalue weighted by Crippen LogP contribution is -2.46. The molecule has 1 aliphatic heterocycles. The molecule has 0 saturated carbocycles. The first-order valence-electron chi connectivity index (χ1n) is 5.67. The minimum Gasteiger partial charge on any atom is -0.311 e. The standard InChI is InChI=1S/C10H13ClN4O3S/c11-8-1-2-9(15-14-8)13-10(16)5-7-6-19(17,18)4-3-12-7/h1-2,7,12H,3-6H2,(H,13,15,16). The van der Waals surface area contributed by atoms with Crippen molar-refractivity contribution in [1.82, 2.24) is 15.5 Å². The van der Waals surface area contributed by atoms with Crippen molar-refractivity contribution in [3.63, 3.8) is 0 Å². The number of sulfone groups is 1. The van der Waals surface area contributed by atoms with Gasteiger partial charge < -0.3 is 10.6 Å². The second kappa shape index (κ2) is 5.81. The Labute approximate surface area is 115 Å². The average Bonchev–Trinajstić information content (AvgIpc) is 2.30. The lowest BCUT2D eigenvalue weighted by atomic mass is 10.2. The SMILES string of the molecule is O=C(CC1CS(=O)(=O)CCN1)Nc1ccc(Cl)nn1. The highest BCUT2D eigenvalue weighted by atomic mass is 35.5. The number of anilines is 1. The summed E-state index contributed by atoms with van der Waals surface area (Å²) in [5.74, 6) is 0.0693. The van der Waals surface area contributed by atoms with Gasteiger partial charge in [-0.2, -0.15) is 0 Å². The molecule has 1 aromatic rings. The number of hydrogen-bond donors (Lipinski definition) is 2. The molecule has 2 N–H and O–H groups in total. The smallest absolute Gasteiger partial charge is 0.227 e. The largest absolute Gasteiger partial charge is 0.311 e. The van der Waals surface area contributed by atoms with Crippen LogP contribution in [0.15, 0.2) is 12.1 Å². The van der Waals surface area contributed by atoms with E-state index in [1.54, 1.807) is 0 Å². The molecule has 1 aromatic heterocycles. The first-order chi connectivity index (χ1) is 8.94. The predicted molar refractivity (Wildman–Crippen MR) is 70.7 cm³/mol. The third-order valence-corrected chi connectivity index (χ3v) is 4.57. The molecule has 19 heavy (non-hydrogen) atoms. The molecule has 1 unspecified atom stereocenters. The molecule has 0 spiro atoms. The van der Waals surface area contributed by atoms with Gasteiger partial charge in [0.1, 0.15) is 0 Å². The minimum absolute atomic E-state index is 0.0211. The molecular weight excluding hydrogens is 292 g/mol. The van der Waals surface area contributed by atoms with E-state index >= 15 is 0 Å². The van der Waals surface area contributed by atoms with Crippen LogP contribution in [0.25, 0.3) is 0 Å². The molecule has 2 rings (SSSR count). The van der Waals surface area contributed by atoms with Crippen molar-refractivity contribution >= 4 is 33.2 Å². The number of hydrogen-bond acceptors (Lipinski definition) is 6. The van der Waals surface area contributed by atoms with Gasteiger partial charge in [-0.1, -0.05) is 11.6 Å². The number of rotatable bonds is 3. The monoisotopic (exact) mass is 304 g/mol. The molecule has 1 saturated heterocycles. The van der Waals surface area contributed by atoms with Gasteiger partial charge in [0.2, 0.25) is 5.91 Å². The number of aromatic nitrogens is 2. The van der Waals surface area contributed by atoms with Crippen molar-refractivity contribution in [3.05, 3.63) is 17.3 Å². The third kappa shape index (κ3) is 4.41. The fourth-order valence-corrected chi connectivity index (χ4v) is 3.34. The third-order valence-electron chi connectivity index (χ3n) is 2.63. The van der Waals surface area contributed by atoms with Gasteiger partial charge in [-0.05, 0) is 12.1 Å². The van der Waals surface area contributed by atoms with Gasteiger partial charge in [-0.15, -0.1) is 10.2 Å². The Kier molecular flexibility index (Phi) is 4.33. The summed E-state index contributed by atoms with van der Waals surface area (Å²) in [5.41, 5.74) is 0. The topological polar surface area (TPSA) is 101 Å². The summed E-state index contributed by atoms with van der Waals surface area (Å²) < 4.78 is 22.9. The summed E-state index contributed by atoms with van der Waals surface area (Å²) in [5, 5.41) is 13.1. The van der Waals surface area contributed by atoms with Crippen molar-refractivity contribution in [1.29, 1.82) is 0 Å². The fraction of sp³-hybridized carbons (Fsp3) is 0.500. The molecule has 0 aromatic carbocycles. The summed E-state index contributed by atoms with van der Waals surface area (Å²) in [6, 6.07) is 2.67. The molecule has 0 radical (unpaired) electrons. The van der Waals surface area contributed by atoms with Crippen LogP contribution in [0.1, 0.15) is 6.42 Å². The molecule has 7 nitrogen and oxygen atoms in total. The highest BCUT2D eigenvalue weighted by molar-refractivity contribution is 7.91. The summed E-state index contributed by atoms with van der Waals surface area (Å²) in [7, 11) is -3.04. The number of nitrogens with one attached hydrogen (secondary N) is 2. The zero-order chi connectivity index (χ0) is 13.9. The quantitative estimate of drug-likeness (QED) is 0.805. The van der Waals surface area contributed by atoms with Crippen LogP contribution in [0.2, 0.25) is 5.15 Å². The number of amides is 1. The molecular formula is C10H13ClN4O3S. The van der Waals surface area contributed by atoms with E-state index in [-0.39, 0.29) is 40.8 Å². The van der Waals surface area contributed by atoms with Gasteiger partial charge in [0, 0.05) is 19.0 Å². The zero-order valence-electron chi connectivity index (χ0n) is 9.97. The Bertz CT molecular complexity index is 561. The van der Waals surface area contributed by atoms with Gasteiger partial charge in [0.25, 0.3) is 0 Å². The molecule has 2 heterocycles. The number of carbonyl (C=O) groups excluding carboxylic acids is 1. The maximum absolute atomic E-state index is 11.7. The Morgan fingerprint density at radius 3 is 2.89 bits per heavy atom. The van der Waals surface area contributed by atoms with E-state index in [9.17, 15) is 13.2 Å². The summed E-state index contributed by atoms with van der Waals surface area (Å²) in [6.07, 6.45) is 0.0730. The van der Waals surface area contributed by atoms with Crippen LogP contribution in [0.3, 0.4) is 0 Å². The second-order valence-electron chi connectivity index (χ2n) is 4.26. The maximum atomic E-state index is 11.7. The summed E-state index contributed by atoms with van der Waals surface area (Å²) >= 11 is 5.57. The average molecular weight is 305 g/mol. The lowest BCUT2D eigenvalue weighted by Gasteiger charge is -2.22. The molecule has 0 aliphatic carbocycles. The Morgan fingerprint density at radius 2 is 2.26 bits per heavy atom. The predicted octanol–water partition coefficient (Wildman–Crippen LogP) is -0.155. The summed E-state index contributed by atoms with van der Waals surface area (Å²) in [6.45, 7) is 0.376. The molecule has 1 fully saturated rings. The maximum Gasteiger partial charge on any atom is 0.227 e. The van der Waals surface area contributed by atoms with Crippen LogP contribution in [0, 0.1) is 0 Å². The van der Waals surface area contributed by atoms with E-state index in [0.29, 0.717) is 6.54 Å². The molecule has 1 atom stereocenters. The molecule has 1 aliphatic rings. The van der Waals surface area contributed by atoms with Crippen LogP contribution >= 0.6 is 11.6 Å². The van der Waals surface area contributed by atoms with E-state index in [0.717, 1.165) is 0 Å². The van der Waals surface area contributed by atoms with Crippen LogP contribution in [-0.2, 0) is 14.6 Å². The molecule has 1 amide bonds.